The van der Waals surface area contributed by atoms with Crippen LogP contribution in [0.3, 0.4) is 0 Å². The number of H-pyrrole nitrogens is 1. The second kappa shape index (κ2) is 2.30. The molecule has 0 aliphatic heterocycles. The van der Waals surface area contributed by atoms with Crippen molar-refractivity contribution in [3.05, 3.63) is 28.9 Å². The summed E-state index contributed by atoms with van der Waals surface area (Å²) in [6.45, 7) is 0. The summed E-state index contributed by atoms with van der Waals surface area (Å²) in [5.41, 5.74) is 0.754. The largest absolute Gasteiger partial charge is 0.358 e. The standard InChI is InChI=1S/C7H4BrFN2/c8-7-1-6-4(2-11-7)5(9)3-10-6/h1-3,10H. The van der Waals surface area contributed by atoms with E-state index in [-0.39, 0.29) is 5.82 Å². The molecule has 0 bridgehead atoms. The molecule has 0 aromatic carbocycles. The summed E-state index contributed by atoms with van der Waals surface area (Å²) in [6.07, 6.45) is 2.81. The lowest BCUT2D eigenvalue weighted by Crippen LogP contribution is -1.75. The summed E-state index contributed by atoms with van der Waals surface area (Å²) in [5, 5.41) is 0.521. The van der Waals surface area contributed by atoms with Crippen molar-refractivity contribution in [3.8, 4) is 0 Å². The van der Waals surface area contributed by atoms with Crippen LogP contribution in [0.2, 0.25) is 0 Å². The number of pyridine rings is 1. The zero-order valence-electron chi connectivity index (χ0n) is 5.44. The second-order valence-electron chi connectivity index (χ2n) is 2.19. The van der Waals surface area contributed by atoms with Gasteiger partial charge in [0.15, 0.2) is 0 Å². The minimum Gasteiger partial charge on any atom is -0.358 e. The Kier molecular flexibility index (Phi) is 1.42. The van der Waals surface area contributed by atoms with Crippen molar-refractivity contribution in [3.63, 3.8) is 0 Å². The Balaban J connectivity index is 2.86. The predicted molar refractivity (Wildman–Crippen MR) is 43.8 cm³/mol. The van der Waals surface area contributed by atoms with Crippen LogP contribution < -0.4 is 0 Å². The summed E-state index contributed by atoms with van der Waals surface area (Å²) in [6, 6.07) is 1.73. The fourth-order valence-corrected chi connectivity index (χ4v) is 1.29. The van der Waals surface area contributed by atoms with Crippen LogP contribution >= 0.6 is 15.9 Å². The van der Waals surface area contributed by atoms with Crippen LogP contribution in [0.5, 0.6) is 0 Å². The number of nitrogens with zero attached hydrogens (tertiary/aromatic N) is 1. The van der Waals surface area contributed by atoms with Crippen molar-refractivity contribution in [2.24, 2.45) is 0 Å². The number of aromatic amines is 1. The third-order valence-electron chi connectivity index (χ3n) is 1.48. The Morgan fingerprint density at radius 3 is 3.18 bits per heavy atom. The van der Waals surface area contributed by atoms with Gasteiger partial charge in [0.05, 0.1) is 10.9 Å². The Morgan fingerprint density at radius 2 is 2.36 bits per heavy atom. The highest BCUT2D eigenvalue weighted by molar-refractivity contribution is 9.10. The van der Waals surface area contributed by atoms with E-state index in [1.807, 2.05) is 0 Å². The molecule has 0 saturated heterocycles. The minimum absolute atomic E-state index is 0.264. The first-order valence-corrected chi connectivity index (χ1v) is 3.85. The molecule has 11 heavy (non-hydrogen) atoms. The maximum absolute atomic E-state index is 12.8. The molecule has 0 saturated carbocycles. The van der Waals surface area contributed by atoms with Crippen molar-refractivity contribution >= 4 is 26.8 Å². The highest BCUT2D eigenvalue weighted by Gasteiger charge is 2.02. The number of hydrogen-bond donors (Lipinski definition) is 1. The number of hydrogen-bond acceptors (Lipinski definition) is 1. The minimum atomic E-state index is -0.264. The zero-order valence-corrected chi connectivity index (χ0v) is 7.02. The molecular weight excluding hydrogens is 211 g/mol. The summed E-state index contributed by atoms with van der Waals surface area (Å²) < 4.78 is 13.5. The maximum atomic E-state index is 12.8. The predicted octanol–water partition coefficient (Wildman–Crippen LogP) is 2.46. The van der Waals surface area contributed by atoms with E-state index in [1.165, 1.54) is 12.4 Å². The fourth-order valence-electron chi connectivity index (χ4n) is 0.958. The molecule has 0 aliphatic carbocycles. The first-order valence-electron chi connectivity index (χ1n) is 3.05. The van der Waals surface area contributed by atoms with E-state index in [0.717, 1.165) is 5.52 Å². The molecule has 56 valence electrons. The molecule has 0 spiro atoms. The lowest BCUT2D eigenvalue weighted by molar-refractivity contribution is 0.639. The van der Waals surface area contributed by atoms with Gasteiger partial charge in [0.1, 0.15) is 10.4 Å². The van der Waals surface area contributed by atoms with Crippen molar-refractivity contribution < 1.29 is 4.39 Å². The molecule has 2 aromatic rings. The van der Waals surface area contributed by atoms with Gasteiger partial charge in [-0.1, -0.05) is 0 Å². The molecule has 2 heterocycles. The Morgan fingerprint density at radius 1 is 1.55 bits per heavy atom. The molecule has 2 aromatic heterocycles. The van der Waals surface area contributed by atoms with E-state index in [1.54, 1.807) is 6.07 Å². The topological polar surface area (TPSA) is 28.7 Å². The fraction of sp³-hybridized carbons (Fsp3) is 0. The average molecular weight is 215 g/mol. The molecule has 0 amide bonds. The van der Waals surface area contributed by atoms with Gasteiger partial charge in [0.2, 0.25) is 0 Å². The van der Waals surface area contributed by atoms with E-state index >= 15 is 0 Å². The van der Waals surface area contributed by atoms with Gasteiger partial charge in [0.25, 0.3) is 0 Å². The van der Waals surface area contributed by atoms with Gasteiger partial charge in [-0.2, -0.15) is 0 Å². The van der Waals surface area contributed by atoms with Crippen LogP contribution in [0.4, 0.5) is 4.39 Å². The second-order valence-corrected chi connectivity index (χ2v) is 3.00. The van der Waals surface area contributed by atoms with Crippen LogP contribution in [0.15, 0.2) is 23.1 Å². The highest BCUT2D eigenvalue weighted by atomic mass is 79.9. The summed E-state index contributed by atoms with van der Waals surface area (Å²) >= 11 is 3.19. The first kappa shape index (κ1) is 6.79. The summed E-state index contributed by atoms with van der Waals surface area (Å²) in [7, 11) is 0. The third-order valence-corrected chi connectivity index (χ3v) is 1.92. The highest BCUT2D eigenvalue weighted by Crippen LogP contribution is 2.18. The number of fused-ring (bicyclic) bond motifs is 1. The summed E-state index contributed by atoms with van der Waals surface area (Å²) in [5.74, 6) is -0.264. The first-order chi connectivity index (χ1) is 5.27. The molecule has 2 nitrogen and oxygen atoms in total. The molecule has 1 N–H and O–H groups in total. The number of rotatable bonds is 0. The van der Waals surface area contributed by atoms with E-state index in [9.17, 15) is 4.39 Å². The number of nitrogens with one attached hydrogen (secondary N) is 1. The van der Waals surface area contributed by atoms with Gasteiger partial charge >= 0.3 is 0 Å². The molecule has 4 heteroatoms. The van der Waals surface area contributed by atoms with Gasteiger partial charge in [0, 0.05) is 12.4 Å². The van der Waals surface area contributed by atoms with E-state index < -0.39 is 0 Å². The molecule has 2 rings (SSSR count). The quantitative estimate of drug-likeness (QED) is 0.671. The smallest absolute Gasteiger partial charge is 0.150 e. The van der Waals surface area contributed by atoms with Gasteiger partial charge < -0.3 is 4.98 Å². The van der Waals surface area contributed by atoms with Crippen LogP contribution in [0.25, 0.3) is 10.9 Å². The van der Waals surface area contributed by atoms with Crippen LogP contribution in [0.1, 0.15) is 0 Å². The molecule has 0 unspecified atom stereocenters. The van der Waals surface area contributed by atoms with Gasteiger partial charge in [-0.05, 0) is 22.0 Å². The van der Waals surface area contributed by atoms with Crippen molar-refractivity contribution in [2.45, 2.75) is 0 Å². The Hall–Kier alpha value is -0.900. The molecule has 0 fully saturated rings. The van der Waals surface area contributed by atoms with E-state index in [0.29, 0.717) is 9.99 Å². The van der Waals surface area contributed by atoms with Gasteiger partial charge in [-0.15, -0.1) is 0 Å². The van der Waals surface area contributed by atoms with Crippen LogP contribution in [0, 0.1) is 5.82 Å². The molecule has 0 aliphatic rings. The van der Waals surface area contributed by atoms with Crippen LogP contribution in [-0.4, -0.2) is 9.97 Å². The van der Waals surface area contributed by atoms with Crippen molar-refractivity contribution in [1.29, 1.82) is 0 Å². The molecular formula is C7H4BrFN2. The average Bonchev–Trinajstić information content (AvgIpc) is 2.32. The zero-order chi connectivity index (χ0) is 7.84. The monoisotopic (exact) mass is 214 g/mol. The number of aromatic nitrogens is 2. The van der Waals surface area contributed by atoms with Gasteiger partial charge in [-0.3, -0.25) is 0 Å². The number of halogens is 2. The molecule has 0 radical (unpaired) electrons. The SMILES string of the molecule is Fc1c[nH]c2cc(Br)ncc12. The lowest BCUT2D eigenvalue weighted by atomic mass is 10.3. The maximum Gasteiger partial charge on any atom is 0.150 e. The van der Waals surface area contributed by atoms with Crippen LogP contribution in [-0.2, 0) is 0 Å². The third kappa shape index (κ3) is 1.03. The molecule has 0 atom stereocenters. The summed E-state index contributed by atoms with van der Waals surface area (Å²) in [4.78, 5) is 6.68. The van der Waals surface area contributed by atoms with E-state index in [4.69, 9.17) is 0 Å². The van der Waals surface area contributed by atoms with Crippen molar-refractivity contribution in [2.75, 3.05) is 0 Å². The van der Waals surface area contributed by atoms with Crippen molar-refractivity contribution in [1.82, 2.24) is 9.97 Å². The Labute approximate surface area is 70.6 Å². The normalized spacial score (nSPS) is 10.7. The van der Waals surface area contributed by atoms with E-state index in [2.05, 4.69) is 25.9 Å². The Bertz CT molecular complexity index is 396. The van der Waals surface area contributed by atoms with Gasteiger partial charge in [-0.25, -0.2) is 9.37 Å². The lowest BCUT2D eigenvalue weighted by Gasteiger charge is -1.89.